The lowest BCUT2D eigenvalue weighted by Gasteiger charge is -2.24. The molecule has 0 aliphatic carbocycles. The third-order valence-electron chi connectivity index (χ3n) is 4.65. The largest absolute Gasteiger partial charge is 0.348 e. The molecular weight excluding hydrogens is 320 g/mol. The van der Waals surface area contributed by atoms with Crippen LogP contribution in [-0.2, 0) is 4.79 Å². The van der Waals surface area contributed by atoms with Crippen LogP contribution >= 0.6 is 11.8 Å². The van der Waals surface area contributed by atoms with Gasteiger partial charge in [-0.05, 0) is 24.1 Å². The highest BCUT2D eigenvalue weighted by molar-refractivity contribution is 7.99. The summed E-state index contributed by atoms with van der Waals surface area (Å²) in [5.41, 5.74) is 2.81. The fourth-order valence-corrected chi connectivity index (χ4v) is 4.84. The molecule has 1 fully saturated rings. The summed E-state index contributed by atoms with van der Waals surface area (Å²) in [4.78, 5) is 27.2. The number of carbonyl (C=O) groups is 2. The van der Waals surface area contributed by atoms with E-state index in [1.54, 1.807) is 16.7 Å². The van der Waals surface area contributed by atoms with Gasteiger partial charge in [-0.15, -0.1) is 11.8 Å². The summed E-state index contributed by atoms with van der Waals surface area (Å²) in [7, 11) is 0. The number of nitrogens with one attached hydrogen (secondary N) is 1. The van der Waals surface area contributed by atoms with Crippen molar-refractivity contribution in [2.75, 3.05) is 5.75 Å². The molecule has 0 spiro atoms. The second kappa shape index (κ2) is 5.98. The molecule has 2 aromatic rings. The van der Waals surface area contributed by atoms with Gasteiger partial charge in [-0.3, -0.25) is 9.59 Å². The molecule has 0 unspecified atom stereocenters. The predicted molar refractivity (Wildman–Crippen MR) is 94.6 cm³/mol. The van der Waals surface area contributed by atoms with Crippen LogP contribution in [0.1, 0.15) is 39.8 Å². The zero-order valence-corrected chi connectivity index (χ0v) is 14.1. The Morgan fingerprint density at radius 3 is 2.67 bits per heavy atom. The Labute approximate surface area is 145 Å². The molecule has 2 aliphatic rings. The minimum absolute atomic E-state index is 0.0310. The number of rotatable bonds is 3. The van der Waals surface area contributed by atoms with Crippen LogP contribution in [0, 0.1) is 0 Å². The number of benzene rings is 2. The van der Waals surface area contributed by atoms with E-state index in [4.69, 9.17) is 0 Å². The van der Waals surface area contributed by atoms with Crippen LogP contribution in [-0.4, -0.2) is 28.5 Å². The Balaban J connectivity index is 1.52. The van der Waals surface area contributed by atoms with E-state index in [-0.39, 0.29) is 23.2 Å². The number of carbonyl (C=O) groups excluding carboxylic acids is 2. The summed E-state index contributed by atoms with van der Waals surface area (Å²) in [6.45, 7) is 1.97. The Kier molecular flexibility index (Phi) is 3.81. The summed E-state index contributed by atoms with van der Waals surface area (Å²) in [6.07, 6.45) is 0. The van der Waals surface area contributed by atoms with Crippen LogP contribution in [0.15, 0.2) is 54.6 Å². The first-order valence-electron chi connectivity index (χ1n) is 8.05. The van der Waals surface area contributed by atoms with Gasteiger partial charge in [0.2, 0.25) is 5.91 Å². The van der Waals surface area contributed by atoms with E-state index in [1.807, 2.05) is 61.5 Å². The normalized spacial score (nSPS) is 22.9. The number of hydrogen-bond donors (Lipinski definition) is 1. The molecule has 0 saturated carbocycles. The molecule has 4 nitrogen and oxygen atoms in total. The van der Waals surface area contributed by atoms with Gasteiger partial charge in [0, 0.05) is 11.3 Å². The summed E-state index contributed by atoms with van der Waals surface area (Å²) >= 11 is 1.66. The maximum atomic E-state index is 12.7. The minimum Gasteiger partial charge on any atom is -0.348 e. The van der Waals surface area contributed by atoms with Gasteiger partial charge in [-0.25, -0.2) is 0 Å². The van der Waals surface area contributed by atoms with E-state index in [0.717, 1.165) is 16.7 Å². The van der Waals surface area contributed by atoms with E-state index >= 15 is 0 Å². The number of thioether (sulfide) groups is 1. The van der Waals surface area contributed by atoms with Crippen LogP contribution in [0.25, 0.3) is 0 Å². The van der Waals surface area contributed by atoms with Crippen molar-refractivity contribution in [3.05, 3.63) is 71.3 Å². The molecule has 24 heavy (non-hydrogen) atoms. The standard InChI is InChI=1S/C19H18N2O2S/c1-12(13-7-3-2-4-8-13)20-17(22)16-11-24-19-15-10-6-5-9-14(15)18(23)21(16)19/h2-10,12,16,19H,11H2,1H3,(H,20,22)/t12-,16+,19-/m1/s1. The highest BCUT2D eigenvalue weighted by atomic mass is 32.2. The van der Waals surface area contributed by atoms with Gasteiger partial charge in [-0.1, -0.05) is 48.5 Å². The Bertz CT molecular complexity index is 793. The molecule has 1 N–H and O–H groups in total. The van der Waals surface area contributed by atoms with Crippen molar-refractivity contribution < 1.29 is 9.59 Å². The minimum atomic E-state index is -0.411. The van der Waals surface area contributed by atoms with E-state index in [0.29, 0.717) is 5.75 Å². The van der Waals surface area contributed by atoms with Crippen molar-refractivity contribution in [2.45, 2.75) is 24.4 Å². The van der Waals surface area contributed by atoms with Crippen molar-refractivity contribution in [3.8, 4) is 0 Å². The first-order chi connectivity index (χ1) is 11.7. The first kappa shape index (κ1) is 15.3. The van der Waals surface area contributed by atoms with E-state index in [2.05, 4.69) is 5.32 Å². The molecule has 122 valence electrons. The van der Waals surface area contributed by atoms with Gasteiger partial charge in [0.25, 0.3) is 5.91 Å². The maximum Gasteiger partial charge on any atom is 0.256 e. The van der Waals surface area contributed by atoms with Gasteiger partial charge in [-0.2, -0.15) is 0 Å². The molecule has 2 aromatic carbocycles. The monoisotopic (exact) mass is 338 g/mol. The second-order valence-electron chi connectivity index (χ2n) is 6.14. The number of amides is 2. The average molecular weight is 338 g/mol. The lowest BCUT2D eigenvalue weighted by Crippen LogP contribution is -2.46. The molecule has 5 heteroatoms. The third kappa shape index (κ3) is 2.40. The molecule has 2 aliphatic heterocycles. The topological polar surface area (TPSA) is 49.4 Å². The highest BCUT2D eigenvalue weighted by Gasteiger charge is 2.48. The number of fused-ring (bicyclic) bond motifs is 3. The Hall–Kier alpha value is -2.27. The van der Waals surface area contributed by atoms with Crippen molar-refractivity contribution in [1.29, 1.82) is 0 Å². The van der Waals surface area contributed by atoms with Crippen LogP contribution in [0.5, 0.6) is 0 Å². The van der Waals surface area contributed by atoms with Gasteiger partial charge >= 0.3 is 0 Å². The Morgan fingerprint density at radius 2 is 1.88 bits per heavy atom. The molecule has 0 radical (unpaired) electrons. The van der Waals surface area contributed by atoms with Crippen molar-refractivity contribution in [1.82, 2.24) is 10.2 Å². The SMILES string of the molecule is C[C@@H](NC(=O)[C@@H]1CS[C@@H]2c3ccccc3C(=O)N21)c1ccccc1. The maximum absolute atomic E-state index is 12.7. The lowest BCUT2D eigenvalue weighted by atomic mass is 10.1. The average Bonchev–Trinajstić information content (AvgIpc) is 3.17. The van der Waals surface area contributed by atoms with E-state index < -0.39 is 6.04 Å². The summed E-state index contributed by atoms with van der Waals surface area (Å²) < 4.78 is 0. The zero-order valence-electron chi connectivity index (χ0n) is 13.3. The quantitative estimate of drug-likeness (QED) is 0.935. The summed E-state index contributed by atoms with van der Waals surface area (Å²) in [6, 6.07) is 17.0. The van der Waals surface area contributed by atoms with Crippen LogP contribution in [0.2, 0.25) is 0 Å². The first-order valence-corrected chi connectivity index (χ1v) is 9.10. The van der Waals surface area contributed by atoms with Crippen molar-refractivity contribution in [2.24, 2.45) is 0 Å². The molecule has 2 heterocycles. The lowest BCUT2D eigenvalue weighted by molar-refractivity contribution is -0.125. The molecule has 1 saturated heterocycles. The van der Waals surface area contributed by atoms with Crippen LogP contribution < -0.4 is 5.32 Å². The molecule has 0 aromatic heterocycles. The predicted octanol–water partition coefficient (Wildman–Crippen LogP) is 3.13. The number of nitrogens with zero attached hydrogens (tertiary/aromatic N) is 1. The van der Waals surface area contributed by atoms with Gasteiger partial charge in [0.05, 0.1) is 6.04 Å². The van der Waals surface area contributed by atoms with Crippen molar-refractivity contribution >= 4 is 23.6 Å². The summed E-state index contributed by atoms with van der Waals surface area (Å²) in [5.74, 6) is 0.522. The summed E-state index contributed by atoms with van der Waals surface area (Å²) in [5, 5.41) is 3.02. The molecule has 3 atom stereocenters. The van der Waals surface area contributed by atoms with E-state index in [9.17, 15) is 9.59 Å². The molecule has 0 bridgehead atoms. The van der Waals surface area contributed by atoms with Crippen LogP contribution in [0.4, 0.5) is 0 Å². The van der Waals surface area contributed by atoms with E-state index in [1.165, 1.54) is 0 Å². The smallest absolute Gasteiger partial charge is 0.256 e. The molecule has 4 rings (SSSR count). The highest BCUT2D eigenvalue weighted by Crippen LogP contribution is 2.48. The number of hydrogen-bond acceptors (Lipinski definition) is 3. The molecule has 2 amide bonds. The fourth-order valence-electron chi connectivity index (χ4n) is 3.38. The molecular formula is C19H18N2O2S. The van der Waals surface area contributed by atoms with Gasteiger partial charge in [0.1, 0.15) is 11.4 Å². The second-order valence-corrected chi connectivity index (χ2v) is 7.26. The van der Waals surface area contributed by atoms with Gasteiger partial charge < -0.3 is 10.2 Å². The Morgan fingerprint density at radius 1 is 1.17 bits per heavy atom. The van der Waals surface area contributed by atoms with Crippen LogP contribution in [0.3, 0.4) is 0 Å². The zero-order chi connectivity index (χ0) is 16.7. The van der Waals surface area contributed by atoms with Crippen molar-refractivity contribution in [3.63, 3.8) is 0 Å². The van der Waals surface area contributed by atoms with Gasteiger partial charge in [0.15, 0.2) is 0 Å². The third-order valence-corrected chi connectivity index (χ3v) is 5.96. The fraction of sp³-hybridized carbons (Fsp3) is 0.263.